The average Bonchev–Trinajstić information content (AvgIpc) is 3.31. The van der Waals surface area contributed by atoms with Crippen LogP contribution in [0.2, 0.25) is 0 Å². The van der Waals surface area contributed by atoms with Crippen molar-refractivity contribution in [3.05, 3.63) is 84.4 Å². The second-order valence-electron chi connectivity index (χ2n) is 6.66. The number of nitrogens with one attached hydrogen (secondary N) is 3. The molecule has 1 aromatic heterocycles. The first-order chi connectivity index (χ1) is 14.8. The van der Waals surface area contributed by atoms with E-state index >= 15 is 0 Å². The Kier molecular flexibility index (Phi) is 8.48. The highest BCUT2D eigenvalue weighted by molar-refractivity contribution is 6.05. The number of aryl methyl sites for hydroxylation is 1. The molecule has 3 N–H and O–H groups in total. The topological polar surface area (TPSA) is 91.4 Å². The van der Waals surface area contributed by atoms with E-state index in [1.165, 1.54) is 0 Å². The molecule has 0 saturated heterocycles. The first-order valence-corrected chi connectivity index (χ1v) is 10.1. The summed E-state index contributed by atoms with van der Waals surface area (Å²) in [5, 5.41) is 6.10. The van der Waals surface area contributed by atoms with E-state index < -0.39 is 0 Å². The van der Waals surface area contributed by atoms with Gasteiger partial charge in [-0.15, -0.1) is 0 Å². The van der Waals surface area contributed by atoms with Crippen molar-refractivity contribution in [3.8, 4) is 5.75 Å². The van der Waals surface area contributed by atoms with Crippen molar-refractivity contribution >= 4 is 11.9 Å². The Morgan fingerprint density at radius 1 is 1.03 bits per heavy atom. The largest absolute Gasteiger partial charge is 0.494 e. The highest BCUT2D eigenvalue weighted by atomic mass is 16.5. The Bertz CT molecular complexity index is 896. The summed E-state index contributed by atoms with van der Waals surface area (Å²) in [7, 11) is 0. The lowest BCUT2D eigenvalue weighted by molar-refractivity contribution is 0.0975. The van der Waals surface area contributed by atoms with Gasteiger partial charge in [-0.05, 0) is 37.1 Å². The number of ether oxygens (including phenoxy) is 1. The first kappa shape index (κ1) is 21.1. The smallest absolute Gasteiger partial charge is 0.257 e. The number of para-hydroxylation sites is 1. The van der Waals surface area contributed by atoms with Gasteiger partial charge in [0, 0.05) is 31.3 Å². The molecular weight excluding hydrogens is 378 g/mol. The minimum atomic E-state index is -0.185. The minimum Gasteiger partial charge on any atom is -0.494 e. The second-order valence-corrected chi connectivity index (χ2v) is 6.66. The van der Waals surface area contributed by atoms with Gasteiger partial charge < -0.3 is 15.0 Å². The minimum absolute atomic E-state index is 0.185. The Morgan fingerprint density at radius 2 is 1.80 bits per heavy atom. The molecule has 0 aliphatic heterocycles. The number of guanidine groups is 1. The predicted octanol–water partition coefficient (Wildman–Crippen LogP) is 3.19. The fourth-order valence-electron chi connectivity index (χ4n) is 2.77. The van der Waals surface area contributed by atoms with Crippen LogP contribution in [-0.2, 0) is 6.42 Å². The number of imidazole rings is 1. The quantitative estimate of drug-likeness (QED) is 0.274. The van der Waals surface area contributed by atoms with Gasteiger partial charge in [0.05, 0.1) is 18.6 Å². The van der Waals surface area contributed by atoms with Gasteiger partial charge in [-0.1, -0.05) is 36.4 Å². The number of amides is 1. The van der Waals surface area contributed by atoms with E-state index in [9.17, 15) is 4.79 Å². The molecule has 7 nitrogen and oxygen atoms in total. The number of rotatable bonds is 10. The molecule has 0 fully saturated rings. The number of nitrogens with zero attached hydrogens (tertiary/aromatic N) is 2. The standard InChI is InChI=1S/C23H27N5O2/c29-22(19-9-3-1-4-10-19)28-23(25-14-7-11-20-17-24-18-27-20)26-15-8-16-30-21-12-5-2-6-13-21/h1-6,9-10,12-13,17-18H,7-8,11,14-16H2,(H,24,27)(H2,25,26,28,29). The molecule has 3 rings (SSSR count). The van der Waals surface area contributed by atoms with Crippen molar-refractivity contribution in [2.45, 2.75) is 19.3 Å². The Balaban J connectivity index is 1.48. The molecule has 0 bridgehead atoms. The Labute approximate surface area is 176 Å². The number of aromatic amines is 1. The van der Waals surface area contributed by atoms with E-state index in [1.54, 1.807) is 18.5 Å². The summed E-state index contributed by atoms with van der Waals surface area (Å²) in [4.78, 5) is 24.2. The average molecular weight is 406 g/mol. The molecule has 0 saturated carbocycles. The third-order valence-corrected chi connectivity index (χ3v) is 4.31. The van der Waals surface area contributed by atoms with Crippen LogP contribution in [0.1, 0.15) is 28.9 Å². The molecule has 7 heteroatoms. The van der Waals surface area contributed by atoms with Gasteiger partial charge in [-0.2, -0.15) is 0 Å². The van der Waals surface area contributed by atoms with Gasteiger partial charge in [0.15, 0.2) is 5.96 Å². The van der Waals surface area contributed by atoms with Crippen molar-refractivity contribution in [2.75, 3.05) is 19.7 Å². The molecule has 156 valence electrons. The number of hydrogen-bond acceptors (Lipinski definition) is 4. The molecular formula is C23H27N5O2. The monoisotopic (exact) mass is 405 g/mol. The number of aromatic nitrogens is 2. The first-order valence-electron chi connectivity index (χ1n) is 10.1. The summed E-state index contributed by atoms with van der Waals surface area (Å²) in [6.45, 7) is 1.79. The number of aliphatic imine (C=N–C) groups is 1. The van der Waals surface area contributed by atoms with Crippen molar-refractivity contribution in [3.63, 3.8) is 0 Å². The highest BCUT2D eigenvalue weighted by Gasteiger charge is 2.08. The van der Waals surface area contributed by atoms with Crippen LogP contribution in [0.5, 0.6) is 5.75 Å². The lowest BCUT2D eigenvalue weighted by atomic mass is 10.2. The van der Waals surface area contributed by atoms with Crippen LogP contribution in [0.25, 0.3) is 0 Å². The van der Waals surface area contributed by atoms with E-state index in [2.05, 4.69) is 25.6 Å². The Hall–Kier alpha value is -3.61. The molecule has 3 aromatic rings. The summed E-state index contributed by atoms with van der Waals surface area (Å²) >= 11 is 0. The lowest BCUT2D eigenvalue weighted by Gasteiger charge is -2.12. The zero-order valence-corrected chi connectivity index (χ0v) is 16.9. The van der Waals surface area contributed by atoms with E-state index in [0.29, 0.717) is 31.2 Å². The van der Waals surface area contributed by atoms with Crippen molar-refractivity contribution < 1.29 is 9.53 Å². The van der Waals surface area contributed by atoms with E-state index in [-0.39, 0.29) is 5.91 Å². The maximum Gasteiger partial charge on any atom is 0.257 e. The molecule has 0 spiro atoms. The normalized spacial score (nSPS) is 11.1. The molecule has 0 unspecified atom stereocenters. The van der Waals surface area contributed by atoms with Crippen LogP contribution in [-0.4, -0.2) is 41.5 Å². The summed E-state index contributed by atoms with van der Waals surface area (Å²) in [6, 6.07) is 18.8. The highest BCUT2D eigenvalue weighted by Crippen LogP contribution is 2.08. The number of hydrogen-bond donors (Lipinski definition) is 3. The van der Waals surface area contributed by atoms with Crippen molar-refractivity contribution in [2.24, 2.45) is 4.99 Å². The summed E-state index contributed by atoms with van der Waals surface area (Å²) in [5.74, 6) is 1.14. The van der Waals surface area contributed by atoms with Gasteiger partial charge >= 0.3 is 0 Å². The van der Waals surface area contributed by atoms with Crippen LogP contribution >= 0.6 is 0 Å². The molecule has 0 radical (unpaired) electrons. The maximum absolute atomic E-state index is 12.5. The Morgan fingerprint density at radius 3 is 2.53 bits per heavy atom. The SMILES string of the molecule is O=C(N/C(=N\CCCOc1ccccc1)NCCCc1c[nH]cn1)c1ccccc1. The lowest BCUT2D eigenvalue weighted by Crippen LogP contribution is -2.41. The van der Waals surface area contributed by atoms with Gasteiger partial charge in [-0.3, -0.25) is 15.1 Å². The van der Waals surface area contributed by atoms with Gasteiger partial charge in [-0.25, -0.2) is 4.98 Å². The number of benzene rings is 2. The number of carbonyl (C=O) groups excluding carboxylic acids is 1. The van der Waals surface area contributed by atoms with Gasteiger partial charge in [0.2, 0.25) is 0 Å². The molecule has 0 aliphatic carbocycles. The van der Waals surface area contributed by atoms with Gasteiger partial charge in [0.1, 0.15) is 5.75 Å². The number of carbonyl (C=O) groups is 1. The van der Waals surface area contributed by atoms with Crippen LogP contribution in [0.3, 0.4) is 0 Å². The molecule has 1 amide bonds. The van der Waals surface area contributed by atoms with Crippen LogP contribution in [0.15, 0.2) is 78.2 Å². The molecule has 30 heavy (non-hydrogen) atoms. The van der Waals surface area contributed by atoms with E-state index in [4.69, 9.17) is 4.74 Å². The van der Waals surface area contributed by atoms with E-state index in [0.717, 1.165) is 30.7 Å². The summed E-state index contributed by atoms with van der Waals surface area (Å²) in [6.07, 6.45) is 6.03. The van der Waals surface area contributed by atoms with Crippen molar-refractivity contribution in [1.82, 2.24) is 20.6 Å². The van der Waals surface area contributed by atoms with Crippen LogP contribution in [0, 0.1) is 0 Å². The third kappa shape index (κ3) is 7.43. The van der Waals surface area contributed by atoms with E-state index in [1.807, 2.05) is 54.7 Å². The maximum atomic E-state index is 12.5. The molecule has 2 aromatic carbocycles. The fraction of sp³-hybridized carbons (Fsp3) is 0.261. The molecule has 0 aliphatic rings. The summed E-state index contributed by atoms with van der Waals surface area (Å²) < 4.78 is 5.69. The zero-order valence-electron chi connectivity index (χ0n) is 16.9. The number of H-pyrrole nitrogens is 1. The zero-order chi connectivity index (χ0) is 20.9. The van der Waals surface area contributed by atoms with Gasteiger partial charge in [0.25, 0.3) is 5.91 Å². The van der Waals surface area contributed by atoms with Crippen LogP contribution < -0.4 is 15.4 Å². The molecule has 0 atom stereocenters. The predicted molar refractivity (Wildman–Crippen MR) is 118 cm³/mol. The molecule has 1 heterocycles. The third-order valence-electron chi connectivity index (χ3n) is 4.31. The van der Waals surface area contributed by atoms with Crippen molar-refractivity contribution in [1.29, 1.82) is 0 Å². The second kappa shape index (κ2) is 12.1. The van der Waals surface area contributed by atoms with Crippen LogP contribution in [0.4, 0.5) is 0 Å². The summed E-state index contributed by atoms with van der Waals surface area (Å²) in [5.41, 5.74) is 1.61. The fourth-order valence-corrected chi connectivity index (χ4v) is 2.77.